The van der Waals surface area contributed by atoms with E-state index in [1.807, 2.05) is 15.7 Å². The highest BCUT2D eigenvalue weighted by Crippen LogP contribution is 2.20. The van der Waals surface area contributed by atoms with Crippen LogP contribution in [-0.4, -0.2) is 108 Å². The third-order valence-electron chi connectivity index (χ3n) is 6.93. The maximum Gasteiger partial charge on any atom is 0.255 e. The number of carbonyl (C=O) groups is 4. The molecule has 2 amide bonds. The van der Waals surface area contributed by atoms with E-state index in [2.05, 4.69) is 5.32 Å². The molecular formula is C27H43N5O6S. The zero-order valence-electron chi connectivity index (χ0n) is 23.3. The van der Waals surface area contributed by atoms with Crippen LogP contribution in [0.1, 0.15) is 64.8 Å². The van der Waals surface area contributed by atoms with Crippen molar-refractivity contribution in [2.24, 2.45) is 5.73 Å². The standard InChI is InChI=1S/C27H43N5O6S/c1-29-25(35)11-10-24(20-34)31(3)27(36)26-21(7-4-8-22(26)19-33)9-5-17-38-18-6-14-30(2)39(37)32-15-12-23(28)13-16-32/h4,7-8,19-20,23-24H,5-6,9-18,28H2,1-3H3,(H,29,35). The lowest BCUT2D eigenvalue weighted by Gasteiger charge is -2.31. The van der Waals surface area contributed by atoms with Gasteiger partial charge in [0.15, 0.2) is 17.5 Å². The minimum atomic E-state index is -1.17. The fourth-order valence-corrected chi connectivity index (χ4v) is 5.64. The van der Waals surface area contributed by atoms with Crippen LogP contribution >= 0.6 is 0 Å². The number of likely N-dealkylation sites (N-methyl/N-ethyl adjacent to an activating group) is 1. The molecule has 0 spiro atoms. The quantitative estimate of drug-likeness (QED) is 0.211. The van der Waals surface area contributed by atoms with Crippen LogP contribution in [-0.2, 0) is 31.9 Å². The highest BCUT2D eigenvalue weighted by atomic mass is 32.2. The third-order valence-corrected chi connectivity index (χ3v) is 8.45. The van der Waals surface area contributed by atoms with E-state index in [1.54, 1.807) is 18.2 Å². The SMILES string of the molecule is CNC(=O)CCC(C=O)N(C)C(=O)c1c(C=O)cccc1CCCOCCCN(C)S(=O)N1CCC(N)CC1. The Labute approximate surface area is 234 Å². The second-order valence-electron chi connectivity index (χ2n) is 9.75. The van der Waals surface area contributed by atoms with Crippen molar-refractivity contribution in [3.63, 3.8) is 0 Å². The first-order valence-electron chi connectivity index (χ1n) is 13.4. The van der Waals surface area contributed by atoms with E-state index in [4.69, 9.17) is 10.5 Å². The van der Waals surface area contributed by atoms with Crippen LogP contribution in [0.4, 0.5) is 0 Å². The van der Waals surface area contributed by atoms with E-state index in [0.29, 0.717) is 50.7 Å². The molecule has 0 aliphatic carbocycles. The molecule has 12 heteroatoms. The average Bonchev–Trinajstić information content (AvgIpc) is 2.95. The van der Waals surface area contributed by atoms with Crippen LogP contribution < -0.4 is 11.1 Å². The molecule has 1 aliphatic heterocycles. The highest BCUT2D eigenvalue weighted by Gasteiger charge is 2.26. The Morgan fingerprint density at radius 2 is 1.90 bits per heavy atom. The van der Waals surface area contributed by atoms with Crippen molar-refractivity contribution in [1.29, 1.82) is 0 Å². The molecule has 2 rings (SSSR count). The fourth-order valence-electron chi connectivity index (χ4n) is 4.43. The van der Waals surface area contributed by atoms with Gasteiger partial charge in [0.1, 0.15) is 6.29 Å². The second-order valence-corrected chi connectivity index (χ2v) is 11.3. The van der Waals surface area contributed by atoms with E-state index in [-0.39, 0.29) is 35.9 Å². The molecule has 2 atom stereocenters. The van der Waals surface area contributed by atoms with E-state index < -0.39 is 23.1 Å². The third kappa shape index (κ3) is 10.2. The van der Waals surface area contributed by atoms with Crippen LogP contribution in [0.15, 0.2) is 18.2 Å². The van der Waals surface area contributed by atoms with Crippen molar-refractivity contribution < 1.29 is 28.1 Å². The molecule has 2 unspecified atom stereocenters. The number of carbonyl (C=O) groups excluding carboxylic acids is 4. The van der Waals surface area contributed by atoms with Crippen LogP contribution in [0.25, 0.3) is 0 Å². The number of piperidine rings is 1. The number of nitrogens with one attached hydrogen (secondary N) is 1. The molecule has 39 heavy (non-hydrogen) atoms. The Morgan fingerprint density at radius 1 is 1.21 bits per heavy atom. The highest BCUT2D eigenvalue weighted by molar-refractivity contribution is 7.80. The summed E-state index contributed by atoms with van der Waals surface area (Å²) in [5.74, 6) is -0.655. The number of aryl methyl sites for hydroxylation is 1. The Kier molecular flexibility index (Phi) is 14.5. The Morgan fingerprint density at radius 3 is 2.54 bits per heavy atom. The summed E-state index contributed by atoms with van der Waals surface area (Å²) in [6.07, 6.45) is 5.18. The molecule has 11 nitrogen and oxygen atoms in total. The number of ether oxygens (including phenoxy) is 1. The van der Waals surface area contributed by atoms with Crippen molar-refractivity contribution in [1.82, 2.24) is 18.8 Å². The molecule has 1 aromatic carbocycles. The molecule has 3 N–H and O–H groups in total. The number of amides is 2. The molecule has 1 aromatic rings. The van der Waals surface area contributed by atoms with Gasteiger partial charge < -0.3 is 25.5 Å². The number of benzene rings is 1. The summed E-state index contributed by atoms with van der Waals surface area (Å²) < 4.78 is 22.2. The van der Waals surface area contributed by atoms with Gasteiger partial charge in [0, 0.05) is 72.0 Å². The Balaban J connectivity index is 1.84. The number of hydrogen-bond acceptors (Lipinski definition) is 7. The summed E-state index contributed by atoms with van der Waals surface area (Å²) in [4.78, 5) is 49.6. The van der Waals surface area contributed by atoms with E-state index >= 15 is 0 Å². The molecule has 218 valence electrons. The lowest BCUT2D eigenvalue weighted by atomic mass is 9.96. The van der Waals surface area contributed by atoms with Gasteiger partial charge in [0.25, 0.3) is 5.91 Å². The normalized spacial score (nSPS) is 16.0. The predicted molar refractivity (Wildman–Crippen MR) is 150 cm³/mol. The van der Waals surface area contributed by atoms with Crippen molar-refractivity contribution in [3.8, 4) is 0 Å². The topological polar surface area (TPSA) is 142 Å². The summed E-state index contributed by atoms with van der Waals surface area (Å²) in [7, 11) is 4.86. The van der Waals surface area contributed by atoms with Gasteiger partial charge in [0.2, 0.25) is 5.91 Å². The summed E-state index contributed by atoms with van der Waals surface area (Å²) >= 11 is -1.17. The number of nitrogens with two attached hydrogens (primary N) is 1. The average molecular weight is 566 g/mol. The molecule has 1 fully saturated rings. The Hall–Kier alpha value is -2.51. The molecule has 1 saturated heterocycles. The lowest BCUT2D eigenvalue weighted by Crippen LogP contribution is -2.45. The van der Waals surface area contributed by atoms with Crippen LogP contribution in [0, 0.1) is 0 Å². The zero-order valence-corrected chi connectivity index (χ0v) is 24.1. The molecule has 0 radical (unpaired) electrons. The number of hydrogen-bond donors (Lipinski definition) is 2. The largest absolute Gasteiger partial charge is 0.381 e. The van der Waals surface area contributed by atoms with Crippen molar-refractivity contribution in [2.45, 2.75) is 57.0 Å². The first kappa shape index (κ1) is 32.7. The molecular weight excluding hydrogens is 522 g/mol. The van der Waals surface area contributed by atoms with E-state index in [1.165, 1.54) is 19.0 Å². The summed E-state index contributed by atoms with van der Waals surface area (Å²) in [6, 6.07) is 4.51. The molecule has 0 saturated carbocycles. The van der Waals surface area contributed by atoms with E-state index in [0.717, 1.165) is 32.4 Å². The van der Waals surface area contributed by atoms with Gasteiger partial charge in [-0.3, -0.25) is 14.4 Å². The van der Waals surface area contributed by atoms with Crippen molar-refractivity contribution >= 4 is 35.6 Å². The minimum Gasteiger partial charge on any atom is -0.381 e. The maximum absolute atomic E-state index is 13.3. The van der Waals surface area contributed by atoms with Gasteiger partial charge in [-0.15, -0.1) is 0 Å². The smallest absolute Gasteiger partial charge is 0.255 e. The Bertz CT molecular complexity index is 985. The van der Waals surface area contributed by atoms with Crippen LogP contribution in [0.2, 0.25) is 0 Å². The van der Waals surface area contributed by atoms with E-state index in [9.17, 15) is 23.4 Å². The first-order valence-corrected chi connectivity index (χ1v) is 14.5. The van der Waals surface area contributed by atoms with Gasteiger partial charge in [-0.1, -0.05) is 18.2 Å². The lowest BCUT2D eigenvalue weighted by molar-refractivity contribution is -0.121. The fraction of sp³-hybridized carbons (Fsp3) is 0.630. The summed E-state index contributed by atoms with van der Waals surface area (Å²) in [5.41, 5.74) is 7.15. The van der Waals surface area contributed by atoms with Crippen molar-refractivity contribution in [3.05, 3.63) is 34.9 Å². The van der Waals surface area contributed by atoms with Crippen molar-refractivity contribution in [2.75, 3.05) is 54.0 Å². The summed E-state index contributed by atoms with van der Waals surface area (Å²) in [5, 5.41) is 2.50. The molecule has 0 bridgehead atoms. The van der Waals surface area contributed by atoms with Gasteiger partial charge in [-0.25, -0.2) is 12.8 Å². The molecule has 1 heterocycles. The number of nitrogens with zero attached hydrogens (tertiary/aromatic N) is 3. The first-order chi connectivity index (χ1) is 18.7. The molecule has 0 aromatic heterocycles. The number of aldehydes is 2. The maximum atomic E-state index is 13.3. The predicted octanol–water partition coefficient (Wildman–Crippen LogP) is 0.938. The molecule has 1 aliphatic rings. The summed E-state index contributed by atoms with van der Waals surface area (Å²) in [6.45, 7) is 3.10. The van der Waals surface area contributed by atoms with Crippen LogP contribution in [0.5, 0.6) is 0 Å². The van der Waals surface area contributed by atoms with Gasteiger partial charge in [-0.05, 0) is 44.1 Å². The monoisotopic (exact) mass is 565 g/mol. The van der Waals surface area contributed by atoms with Gasteiger partial charge in [-0.2, -0.15) is 0 Å². The zero-order chi connectivity index (χ0) is 28.8. The van der Waals surface area contributed by atoms with Gasteiger partial charge in [0.05, 0.1) is 11.6 Å². The van der Waals surface area contributed by atoms with Crippen LogP contribution in [0.3, 0.4) is 0 Å². The number of rotatable bonds is 17. The minimum absolute atomic E-state index is 0.107. The van der Waals surface area contributed by atoms with Gasteiger partial charge >= 0.3 is 0 Å². The second kappa shape index (κ2) is 17.2.